The molecule has 1 aromatic carbocycles. The maximum Gasteiger partial charge on any atom is 0.251 e. The lowest BCUT2D eigenvalue weighted by Crippen LogP contribution is -2.45. The molecule has 1 aromatic heterocycles. The minimum atomic E-state index is -0.500. The van der Waals surface area contributed by atoms with Crippen molar-refractivity contribution in [2.45, 2.75) is 50.6 Å². The molecular formula is C20H24N4O2S. The standard InChI is InChI=1S/C20H24N4O2S/c1-23-19(26)17(24(20(23)27)15-5-3-2-4-6-15)12-18(25)22-14-8-7-13-9-10-21-16(13)11-14/h7-11,15,17,21H,2-6,12H2,1H3,(H,22,25). The van der Waals surface area contributed by atoms with Crippen molar-refractivity contribution in [1.29, 1.82) is 0 Å². The third-order valence-corrected chi connectivity index (χ3v) is 6.13. The van der Waals surface area contributed by atoms with E-state index in [4.69, 9.17) is 12.2 Å². The number of rotatable bonds is 4. The Morgan fingerprint density at radius 2 is 2.04 bits per heavy atom. The van der Waals surface area contributed by atoms with E-state index in [1.807, 2.05) is 35.4 Å². The minimum absolute atomic E-state index is 0.0828. The number of nitrogens with one attached hydrogen (secondary N) is 2. The number of thiocarbonyl (C=S) groups is 1. The molecular weight excluding hydrogens is 360 g/mol. The summed E-state index contributed by atoms with van der Waals surface area (Å²) >= 11 is 5.52. The van der Waals surface area contributed by atoms with Crippen LogP contribution >= 0.6 is 12.2 Å². The third kappa shape index (κ3) is 3.43. The number of fused-ring (bicyclic) bond motifs is 1. The van der Waals surface area contributed by atoms with Crippen molar-refractivity contribution >= 4 is 45.7 Å². The maximum absolute atomic E-state index is 12.7. The van der Waals surface area contributed by atoms with E-state index in [0.29, 0.717) is 5.11 Å². The summed E-state index contributed by atoms with van der Waals surface area (Å²) in [6, 6.07) is 7.48. The molecule has 1 saturated carbocycles. The van der Waals surface area contributed by atoms with Crippen LogP contribution in [0.2, 0.25) is 0 Å². The lowest BCUT2D eigenvalue weighted by Gasteiger charge is -2.35. The summed E-state index contributed by atoms with van der Waals surface area (Å²) in [4.78, 5) is 32.1. The van der Waals surface area contributed by atoms with Crippen molar-refractivity contribution in [2.75, 3.05) is 12.4 Å². The van der Waals surface area contributed by atoms with Gasteiger partial charge in [-0.15, -0.1) is 0 Å². The van der Waals surface area contributed by atoms with E-state index >= 15 is 0 Å². The summed E-state index contributed by atoms with van der Waals surface area (Å²) in [7, 11) is 1.71. The molecule has 142 valence electrons. The molecule has 1 atom stereocenters. The topological polar surface area (TPSA) is 68.4 Å². The van der Waals surface area contributed by atoms with Crippen LogP contribution in [0.25, 0.3) is 10.9 Å². The number of likely N-dealkylation sites (N-methyl/N-ethyl adjacent to an activating group) is 1. The molecule has 2 amide bonds. The highest BCUT2D eigenvalue weighted by Crippen LogP contribution is 2.30. The van der Waals surface area contributed by atoms with E-state index in [1.165, 1.54) is 11.3 Å². The van der Waals surface area contributed by atoms with E-state index in [0.717, 1.165) is 42.3 Å². The van der Waals surface area contributed by atoms with Crippen LogP contribution in [0.1, 0.15) is 38.5 Å². The quantitative estimate of drug-likeness (QED) is 0.794. The van der Waals surface area contributed by atoms with E-state index in [2.05, 4.69) is 10.3 Å². The lowest BCUT2D eigenvalue weighted by molar-refractivity contribution is -0.130. The molecule has 2 aromatic rings. The third-order valence-electron chi connectivity index (χ3n) is 5.64. The second kappa shape index (κ2) is 7.31. The van der Waals surface area contributed by atoms with E-state index in [-0.39, 0.29) is 24.3 Å². The Labute approximate surface area is 163 Å². The zero-order valence-corrected chi connectivity index (χ0v) is 16.2. The van der Waals surface area contributed by atoms with Gasteiger partial charge in [-0.2, -0.15) is 0 Å². The van der Waals surface area contributed by atoms with Gasteiger partial charge >= 0.3 is 0 Å². The van der Waals surface area contributed by atoms with Gasteiger partial charge in [0.25, 0.3) is 5.91 Å². The number of carbonyl (C=O) groups excluding carboxylic acids is 2. The molecule has 6 nitrogen and oxygen atoms in total. The molecule has 2 heterocycles. The first kappa shape index (κ1) is 18.0. The van der Waals surface area contributed by atoms with Gasteiger partial charge in [0, 0.05) is 30.5 Å². The van der Waals surface area contributed by atoms with Crippen LogP contribution in [0.15, 0.2) is 30.5 Å². The number of hydrogen-bond acceptors (Lipinski definition) is 3. The first-order chi connectivity index (χ1) is 13.0. The molecule has 1 saturated heterocycles. The van der Waals surface area contributed by atoms with Crippen molar-refractivity contribution in [3.63, 3.8) is 0 Å². The molecule has 4 rings (SSSR count). The number of nitrogens with zero attached hydrogens (tertiary/aromatic N) is 2. The van der Waals surface area contributed by atoms with Gasteiger partial charge in [0.2, 0.25) is 5.91 Å². The average Bonchev–Trinajstić information content (AvgIpc) is 3.21. The van der Waals surface area contributed by atoms with Gasteiger partial charge in [0.15, 0.2) is 5.11 Å². The van der Waals surface area contributed by atoms with Crippen LogP contribution in [0.3, 0.4) is 0 Å². The van der Waals surface area contributed by atoms with E-state index < -0.39 is 6.04 Å². The number of aromatic amines is 1. The second-order valence-corrected chi connectivity index (χ2v) is 7.79. The number of anilines is 1. The molecule has 0 bridgehead atoms. The van der Waals surface area contributed by atoms with Gasteiger partial charge < -0.3 is 15.2 Å². The van der Waals surface area contributed by atoms with Crippen molar-refractivity contribution in [1.82, 2.24) is 14.8 Å². The fourth-order valence-corrected chi connectivity index (χ4v) is 4.58. The van der Waals surface area contributed by atoms with Crippen LogP contribution in [0.5, 0.6) is 0 Å². The van der Waals surface area contributed by atoms with Crippen molar-refractivity contribution < 1.29 is 9.59 Å². The van der Waals surface area contributed by atoms with Crippen LogP contribution in [0.4, 0.5) is 5.69 Å². The predicted molar refractivity (Wildman–Crippen MR) is 109 cm³/mol. The Bertz CT molecular complexity index is 887. The van der Waals surface area contributed by atoms with E-state index in [1.54, 1.807) is 7.05 Å². The lowest BCUT2D eigenvalue weighted by atomic mass is 9.93. The highest BCUT2D eigenvalue weighted by molar-refractivity contribution is 7.80. The Balaban J connectivity index is 1.48. The summed E-state index contributed by atoms with van der Waals surface area (Å²) < 4.78 is 0. The maximum atomic E-state index is 12.7. The van der Waals surface area contributed by atoms with Crippen LogP contribution in [-0.2, 0) is 9.59 Å². The average molecular weight is 385 g/mol. The van der Waals surface area contributed by atoms with Gasteiger partial charge in [0.1, 0.15) is 6.04 Å². The Morgan fingerprint density at radius 1 is 1.26 bits per heavy atom. The van der Waals surface area contributed by atoms with Gasteiger partial charge in [-0.25, -0.2) is 0 Å². The van der Waals surface area contributed by atoms with Crippen molar-refractivity contribution in [3.8, 4) is 0 Å². The number of amides is 2. The van der Waals surface area contributed by atoms with Crippen LogP contribution in [0, 0.1) is 0 Å². The summed E-state index contributed by atoms with van der Waals surface area (Å²) in [6.07, 6.45) is 7.57. The van der Waals surface area contributed by atoms with Gasteiger partial charge in [-0.3, -0.25) is 14.5 Å². The van der Waals surface area contributed by atoms with Crippen LogP contribution in [-0.4, -0.2) is 50.8 Å². The zero-order chi connectivity index (χ0) is 19.0. The highest BCUT2D eigenvalue weighted by Gasteiger charge is 2.44. The molecule has 2 N–H and O–H groups in total. The first-order valence-electron chi connectivity index (χ1n) is 9.51. The smallest absolute Gasteiger partial charge is 0.251 e. The molecule has 2 fully saturated rings. The van der Waals surface area contributed by atoms with Gasteiger partial charge in [-0.05, 0) is 48.6 Å². The molecule has 27 heavy (non-hydrogen) atoms. The summed E-state index contributed by atoms with van der Waals surface area (Å²) in [6.45, 7) is 0. The number of aromatic nitrogens is 1. The van der Waals surface area contributed by atoms with E-state index in [9.17, 15) is 9.59 Å². The van der Waals surface area contributed by atoms with Gasteiger partial charge in [-0.1, -0.05) is 25.3 Å². The van der Waals surface area contributed by atoms with Crippen molar-refractivity contribution in [3.05, 3.63) is 30.5 Å². The number of benzene rings is 1. The van der Waals surface area contributed by atoms with Gasteiger partial charge in [0.05, 0.1) is 6.42 Å². The minimum Gasteiger partial charge on any atom is -0.361 e. The summed E-state index contributed by atoms with van der Waals surface area (Å²) in [5.74, 6) is -0.251. The molecule has 1 aliphatic heterocycles. The number of carbonyl (C=O) groups is 2. The Kier molecular flexibility index (Phi) is 4.86. The molecule has 0 spiro atoms. The first-order valence-corrected chi connectivity index (χ1v) is 9.92. The zero-order valence-electron chi connectivity index (χ0n) is 15.4. The summed E-state index contributed by atoms with van der Waals surface area (Å²) in [5, 5.41) is 4.57. The van der Waals surface area contributed by atoms with Crippen molar-refractivity contribution in [2.24, 2.45) is 0 Å². The molecule has 2 aliphatic rings. The molecule has 1 unspecified atom stereocenters. The monoisotopic (exact) mass is 384 g/mol. The largest absolute Gasteiger partial charge is 0.361 e. The fourth-order valence-electron chi connectivity index (χ4n) is 4.21. The number of H-pyrrole nitrogens is 1. The fraction of sp³-hybridized carbons (Fsp3) is 0.450. The SMILES string of the molecule is CN1C(=O)C(CC(=O)Nc2ccc3cc[nH]c3c2)N(C2CCCCC2)C1=S. The normalized spacial score (nSPS) is 21.3. The molecule has 0 radical (unpaired) electrons. The molecule has 1 aliphatic carbocycles. The molecule has 7 heteroatoms. The second-order valence-electron chi connectivity index (χ2n) is 7.43. The summed E-state index contributed by atoms with van der Waals surface area (Å²) in [5.41, 5.74) is 1.69. The number of hydrogen-bond donors (Lipinski definition) is 2. The van der Waals surface area contributed by atoms with Crippen LogP contribution < -0.4 is 5.32 Å². The highest BCUT2D eigenvalue weighted by atomic mass is 32.1. The Hall–Kier alpha value is -2.41. The Morgan fingerprint density at radius 3 is 2.81 bits per heavy atom. The predicted octanol–water partition coefficient (Wildman–Crippen LogP) is 3.26.